The number of benzene rings is 3. The molecule has 0 aliphatic rings. The van der Waals surface area contributed by atoms with Crippen LogP contribution in [0.4, 0.5) is 0 Å². The van der Waals surface area contributed by atoms with Crippen molar-refractivity contribution in [1.82, 2.24) is 9.55 Å². The largest absolute Gasteiger partial charge is 0.445 e. The molecule has 1 unspecified atom stereocenters. The van der Waals surface area contributed by atoms with Gasteiger partial charge in [-0.2, -0.15) is 4.89 Å². The van der Waals surface area contributed by atoms with Gasteiger partial charge in [-0.1, -0.05) is 42.5 Å². The first kappa shape index (κ1) is 22.7. The van der Waals surface area contributed by atoms with Crippen molar-refractivity contribution in [3.8, 4) is 17.2 Å². The van der Waals surface area contributed by atoms with Gasteiger partial charge in [0.1, 0.15) is 5.82 Å². The van der Waals surface area contributed by atoms with Crippen LogP contribution in [0, 0.1) is 13.8 Å². The third kappa shape index (κ3) is 4.52. The lowest BCUT2D eigenvalue weighted by molar-refractivity contribution is -0.178. The molecule has 0 saturated carbocycles. The maximum absolute atomic E-state index is 13.6. The number of rotatable bonds is 7. The molecule has 1 heterocycles. The van der Waals surface area contributed by atoms with E-state index in [-0.39, 0.29) is 5.56 Å². The van der Waals surface area contributed by atoms with E-state index in [0.717, 1.165) is 16.8 Å². The van der Waals surface area contributed by atoms with E-state index in [0.29, 0.717) is 33.8 Å². The van der Waals surface area contributed by atoms with Crippen molar-refractivity contribution in [1.29, 1.82) is 0 Å². The molecule has 0 saturated heterocycles. The van der Waals surface area contributed by atoms with Gasteiger partial charge < -0.3 is 14.3 Å². The van der Waals surface area contributed by atoms with Gasteiger partial charge in [-0.3, -0.25) is 9.36 Å². The fraction of sp³-hybridized carbons (Fsp3) is 0.120. The summed E-state index contributed by atoms with van der Waals surface area (Å²) < 4.78 is 7.03. The predicted molar refractivity (Wildman–Crippen MR) is 131 cm³/mol. The molecule has 7 nitrogen and oxygen atoms in total. The lowest BCUT2D eigenvalue weighted by Crippen LogP contribution is -2.23. The quantitative estimate of drug-likeness (QED) is 0.237. The van der Waals surface area contributed by atoms with E-state index in [2.05, 4.69) is 0 Å². The van der Waals surface area contributed by atoms with Crippen molar-refractivity contribution >= 4 is 32.1 Å². The molecule has 0 bridgehead atoms. The van der Waals surface area contributed by atoms with Gasteiger partial charge in [-0.15, -0.1) is 0 Å². The van der Waals surface area contributed by atoms with E-state index < -0.39 is 9.03 Å². The third-order valence-electron chi connectivity index (χ3n) is 5.21. The summed E-state index contributed by atoms with van der Waals surface area (Å²) in [7, 11) is 0.605. The molecule has 1 atom stereocenters. The Kier molecular flexibility index (Phi) is 6.84. The molecular formula is C25H23N2O5P. The summed E-state index contributed by atoms with van der Waals surface area (Å²) in [6.07, 6.45) is 3.51. The van der Waals surface area contributed by atoms with Gasteiger partial charge in [0.25, 0.3) is 5.56 Å². The topological polar surface area (TPSA) is 82.8 Å². The molecule has 33 heavy (non-hydrogen) atoms. The second-order valence-electron chi connectivity index (χ2n) is 7.32. The number of fused-ring (bicyclic) bond motifs is 1. The minimum atomic E-state index is -0.780. The lowest BCUT2D eigenvalue weighted by Gasteiger charge is -2.16. The molecule has 0 aliphatic heterocycles. The minimum absolute atomic E-state index is 0.151. The first-order valence-corrected chi connectivity index (χ1v) is 11.1. The zero-order valence-corrected chi connectivity index (χ0v) is 19.4. The lowest BCUT2D eigenvalue weighted by atomic mass is 10.1. The van der Waals surface area contributed by atoms with E-state index >= 15 is 0 Å². The van der Waals surface area contributed by atoms with Crippen molar-refractivity contribution in [3.63, 3.8) is 0 Å². The first-order valence-electron chi connectivity index (χ1n) is 10.2. The summed E-state index contributed by atoms with van der Waals surface area (Å²) in [6.45, 7) is 3.94. The third-order valence-corrected chi connectivity index (χ3v) is 5.50. The molecule has 0 spiro atoms. The molecular weight excluding hydrogens is 439 g/mol. The fourth-order valence-electron chi connectivity index (χ4n) is 3.77. The van der Waals surface area contributed by atoms with Crippen LogP contribution in [0.25, 0.3) is 28.7 Å². The standard InChI is InChI=1S/C25H23N2O5P/c1-16-8-6-9-17(2)23(16)27-22(26-20-12-5-4-11-19(20)25(27)28)15-14-18-10-7-13-21(31-30-3)24(18)32-33-29/h4-15,29,33H,1-3H3/b15-14+. The summed E-state index contributed by atoms with van der Waals surface area (Å²) in [5, 5.41) is 0.540. The summed E-state index contributed by atoms with van der Waals surface area (Å²) >= 11 is 0. The van der Waals surface area contributed by atoms with Crippen LogP contribution in [0.3, 0.4) is 0 Å². The van der Waals surface area contributed by atoms with Crippen LogP contribution in [-0.2, 0) is 4.89 Å². The highest BCUT2D eigenvalue weighted by Gasteiger charge is 2.15. The van der Waals surface area contributed by atoms with Crippen molar-refractivity contribution in [2.45, 2.75) is 13.8 Å². The van der Waals surface area contributed by atoms with Crippen LogP contribution in [0.2, 0.25) is 0 Å². The van der Waals surface area contributed by atoms with E-state index in [4.69, 9.17) is 19.3 Å². The van der Waals surface area contributed by atoms with Gasteiger partial charge in [0.2, 0.25) is 14.8 Å². The molecule has 4 rings (SSSR count). The highest BCUT2D eigenvalue weighted by atomic mass is 31.1. The zero-order valence-electron chi connectivity index (χ0n) is 18.4. The number of aryl methyl sites for hydroxylation is 2. The summed E-state index contributed by atoms with van der Waals surface area (Å²) in [6, 6.07) is 18.4. The van der Waals surface area contributed by atoms with Crippen LogP contribution >= 0.6 is 9.03 Å². The Bertz CT molecular complexity index is 1380. The van der Waals surface area contributed by atoms with Crippen molar-refractivity contribution < 1.29 is 19.2 Å². The minimum Gasteiger partial charge on any atom is -0.445 e. The molecule has 0 aliphatic carbocycles. The Labute approximate surface area is 192 Å². The monoisotopic (exact) mass is 462 g/mol. The van der Waals surface area contributed by atoms with Crippen LogP contribution < -0.4 is 15.0 Å². The molecule has 1 N–H and O–H groups in total. The molecule has 3 aromatic carbocycles. The number of para-hydroxylation sites is 3. The second kappa shape index (κ2) is 9.96. The van der Waals surface area contributed by atoms with Crippen molar-refractivity contribution in [2.75, 3.05) is 7.11 Å². The molecule has 8 heteroatoms. The second-order valence-corrected chi connectivity index (χ2v) is 7.71. The van der Waals surface area contributed by atoms with Gasteiger partial charge in [-0.05, 0) is 55.3 Å². The zero-order chi connectivity index (χ0) is 23.4. The van der Waals surface area contributed by atoms with Crippen molar-refractivity contribution in [3.05, 3.63) is 93.5 Å². The van der Waals surface area contributed by atoms with Crippen LogP contribution in [-0.4, -0.2) is 21.6 Å². The van der Waals surface area contributed by atoms with E-state index in [9.17, 15) is 9.69 Å². The summed E-state index contributed by atoms with van der Waals surface area (Å²) in [5.41, 5.74) is 3.80. The van der Waals surface area contributed by atoms with Gasteiger partial charge in [0.05, 0.1) is 23.7 Å². The Hall–Kier alpha value is -3.51. The highest BCUT2D eigenvalue weighted by molar-refractivity contribution is 7.25. The molecule has 0 amide bonds. The molecule has 0 radical (unpaired) electrons. The SMILES string of the molecule is COOc1cccc(/C=C/c2nc3ccccc3c(=O)n2-c2c(C)cccc2C)c1OPO. The van der Waals surface area contributed by atoms with Gasteiger partial charge >= 0.3 is 0 Å². The normalized spacial score (nSPS) is 11.6. The number of hydrogen-bond acceptors (Lipinski definition) is 6. The molecule has 0 fully saturated rings. The van der Waals surface area contributed by atoms with E-state index in [1.807, 2.05) is 50.2 Å². The molecule has 4 aromatic rings. The molecule has 1 aromatic heterocycles. The van der Waals surface area contributed by atoms with Gasteiger partial charge in [0, 0.05) is 5.56 Å². The van der Waals surface area contributed by atoms with Crippen LogP contribution in [0.1, 0.15) is 22.5 Å². The Morgan fingerprint density at radius 3 is 2.42 bits per heavy atom. The Morgan fingerprint density at radius 2 is 1.70 bits per heavy atom. The van der Waals surface area contributed by atoms with Gasteiger partial charge in [0.15, 0.2) is 5.75 Å². The Morgan fingerprint density at radius 1 is 0.970 bits per heavy atom. The first-order chi connectivity index (χ1) is 16.0. The Balaban J connectivity index is 1.95. The highest BCUT2D eigenvalue weighted by Crippen LogP contribution is 2.36. The summed E-state index contributed by atoms with van der Waals surface area (Å²) in [4.78, 5) is 37.6. The molecule has 168 valence electrons. The predicted octanol–water partition coefficient (Wildman–Crippen LogP) is 4.99. The van der Waals surface area contributed by atoms with Crippen LogP contribution in [0.5, 0.6) is 11.5 Å². The maximum Gasteiger partial charge on any atom is 0.266 e. The van der Waals surface area contributed by atoms with Crippen molar-refractivity contribution in [2.24, 2.45) is 0 Å². The average Bonchev–Trinajstić information content (AvgIpc) is 2.81. The average molecular weight is 462 g/mol. The smallest absolute Gasteiger partial charge is 0.266 e. The van der Waals surface area contributed by atoms with Gasteiger partial charge in [-0.25, -0.2) is 4.98 Å². The summed E-state index contributed by atoms with van der Waals surface area (Å²) in [5.74, 6) is 1.10. The number of hydrogen-bond donors (Lipinski definition) is 1. The number of aromatic nitrogens is 2. The maximum atomic E-state index is 13.6. The fourth-order valence-corrected chi connectivity index (χ4v) is 4.08. The number of nitrogens with zero attached hydrogens (tertiary/aromatic N) is 2. The van der Waals surface area contributed by atoms with E-state index in [1.165, 1.54) is 7.11 Å². The van der Waals surface area contributed by atoms with E-state index in [1.54, 1.807) is 41.0 Å². The van der Waals surface area contributed by atoms with Crippen LogP contribution in [0.15, 0.2) is 65.5 Å².